The van der Waals surface area contributed by atoms with E-state index >= 15 is 0 Å². The van der Waals surface area contributed by atoms with E-state index in [1.54, 1.807) is 0 Å². The van der Waals surface area contributed by atoms with Gasteiger partial charge in [0.2, 0.25) is 10.0 Å². The number of nitrogens with one attached hydrogen (secondary N) is 2. The average molecular weight is 208 g/mol. The Bertz CT molecular complexity index is 212. The highest BCUT2D eigenvalue weighted by Crippen LogP contribution is 1.95. The van der Waals surface area contributed by atoms with Gasteiger partial charge in [-0.1, -0.05) is 0 Å². The van der Waals surface area contributed by atoms with Gasteiger partial charge in [-0.25, -0.2) is 13.1 Å². The second kappa shape index (κ2) is 6.34. The topological polar surface area (TPSA) is 58.2 Å². The summed E-state index contributed by atoms with van der Waals surface area (Å²) in [6.45, 7) is 4.52. The van der Waals surface area contributed by atoms with E-state index in [4.69, 9.17) is 0 Å². The number of unbranched alkanes of at least 4 members (excludes halogenated alkanes) is 1. The first-order chi connectivity index (χ1) is 5.98. The van der Waals surface area contributed by atoms with Crippen molar-refractivity contribution < 1.29 is 8.42 Å². The molecular weight excluding hydrogens is 188 g/mol. The molecule has 0 unspecified atom stereocenters. The highest BCUT2D eigenvalue weighted by atomic mass is 32.2. The van der Waals surface area contributed by atoms with Gasteiger partial charge >= 0.3 is 0 Å². The van der Waals surface area contributed by atoms with E-state index in [9.17, 15) is 8.42 Å². The van der Waals surface area contributed by atoms with Crippen LogP contribution in [0.25, 0.3) is 0 Å². The number of hydrogen-bond donors (Lipinski definition) is 2. The Hall–Kier alpha value is -0.130. The summed E-state index contributed by atoms with van der Waals surface area (Å²) in [6.07, 6.45) is 1.61. The summed E-state index contributed by atoms with van der Waals surface area (Å²) in [7, 11) is -1.18. The van der Waals surface area contributed by atoms with E-state index in [1.165, 1.54) is 0 Å². The summed E-state index contributed by atoms with van der Waals surface area (Å²) >= 11 is 0. The third kappa shape index (κ3) is 8.21. The largest absolute Gasteiger partial charge is 0.320 e. The molecule has 0 atom stereocenters. The van der Waals surface area contributed by atoms with Crippen molar-refractivity contribution in [3.63, 3.8) is 0 Å². The normalized spacial score (nSPS) is 12.3. The first-order valence-corrected chi connectivity index (χ1v) is 6.28. The second-order valence-corrected chi connectivity index (χ2v) is 5.28. The third-order valence-corrected chi connectivity index (χ3v) is 3.16. The van der Waals surface area contributed by atoms with Crippen LogP contribution in [-0.4, -0.2) is 33.8 Å². The molecule has 0 fully saturated rings. The van der Waals surface area contributed by atoms with Gasteiger partial charge in [-0.3, -0.25) is 0 Å². The predicted molar refractivity (Wildman–Crippen MR) is 55.2 cm³/mol. The lowest BCUT2D eigenvalue weighted by Crippen LogP contribution is -2.32. The summed E-state index contributed by atoms with van der Waals surface area (Å²) in [5.74, 6) is 0.229. The Labute approximate surface area is 81.2 Å². The SMILES string of the molecule is CNCCCCS(=O)(=O)NC(C)C. The molecule has 5 heteroatoms. The molecule has 0 bridgehead atoms. The molecule has 0 aliphatic carbocycles. The Morgan fingerprint density at radius 2 is 1.85 bits per heavy atom. The van der Waals surface area contributed by atoms with Gasteiger partial charge in [-0.2, -0.15) is 0 Å². The van der Waals surface area contributed by atoms with Crippen LogP contribution in [0.1, 0.15) is 26.7 Å². The van der Waals surface area contributed by atoms with E-state index in [2.05, 4.69) is 10.0 Å². The summed E-state index contributed by atoms with van der Waals surface area (Å²) < 4.78 is 25.1. The van der Waals surface area contributed by atoms with Gasteiger partial charge in [0.15, 0.2) is 0 Å². The third-order valence-electron chi connectivity index (χ3n) is 1.51. The average Bonchev–Trinajstić information content (AvgIpc) is 1.95. The summed E-state index contributed by atoms with van der Waals surface area (Å²) in [5, 5.41) is 2.98. The molecule has 0 aromatic heterocycles. The van der Waals surface area contributed by atoms with E-state index in [0.29, 0.717) is 6.42 Å². The highest BCUT2D eigenvalue weighted by molar-refractivity contribution is 7.89. The minimum atomic E-state index is -3.04. The molecule has 0 aliphatic heterocycles. The van der Waals surface area contributed by atoms with Gasteiger partial charge in [0.25, 0.3) is 0 Å². The molecule has 0 rings (SSSR count). The van der Waals surface area contributed by atoms with Crippen molar-refractivity contribution in [1.82, 2.24) is 10.0 Å². The van der Waals surface area contributed by atoms with Crippen molar-refractivity contribution in [1.29, 1.82) is 0 Å². The fourth-order valence-corrected chi connectivity index (χ4v) is 2.43. The molecule has 0 radical (unpaired) electrons. The molecule has 2 N–H and O–H groups in total. The molecule has 80 valence electrons. The fraction of sp³-hybridized carbons (Fsp3) is 1.00. The summed E-state index contributed by atoms with van der Waals surface area (Å²) in [4.78, 5) is 0. The molecule has 0 aromatic rings. The van der Waals surface area contributed by atoms with Gasteiger partial charge < -0.3 is 5.32 Å². The van der Waals surface area contributed by atoms with Gasteiger partial charge in [-0.15, -0.1) is 0 Å². The maximum absolute atomic E-state index is 11.3. The lowest BCUT2D eigenvalue weighted by Gasteiger charge is -2.08. The van der Waals surface area contributed by atoms with Crippen LogP contribution in [0.2, 0.25) is 0 Å². The Kier molecular flexibility index (Phi) is 6.28. The monoisotopic (exact) mass is 208 g/mol. The van der Waals surface area contributed by atoms with Crippen molar-refractivity contribution >= 4 is 10.0 Å². The Balaban J connectivity index is 3.64. The van der Waals surface area contributed by atoms with Crippen LogP contribution in [0.3, 0.4) is 0 Å². The van der Waals surface area contributed by atoms with E-state index in [0.717, 1.165) is 13.0 Å². The number of sulfonamides is 1. The first-order valence-electron chi connectivity index (χ1n) is 4.62. The van der Waals surface area contributed by atoms with Gasteiger partial charge in [-0.05, 0) is 40.3 Å². The molecule has 0 spiro atoms. The van der Waals surface area contributed by atoms with Gasteiger partial charge in [0.05, 0.1) is 5.75 Å². The van der Waals surface area contributed by atoms with Crippen LogP contribution in [0.5, 0.6) is 0 Å². The maximum Gasteiger partial charge on any atom is 0.211 e. The molecule has 0 saturated heterocycles. The van der Waals surface area contributed by atoms with Crippen LogP contribution >= 0.6 is 0 Å². The molecular formula is C8H20N2O2S. The number of hydrogen-bond acceptors (Lipinski definition) is 3. The van der Waals surface area contributed by atoms with Crippen molar-refractivity contribution in [3.8, 4) is 0 Å². The smallest absolute Gasteiger partial charge is 0.211 e. The fourth-order valence-electron chi connectivity index (χ4n) is 1.01. The van der Waals surface area contributed by atoms with Crippen molar-refractivity contribution in [2.24, 2.45) is 0 Å². The minimum Gasteiger partial charge on any atom is -0.320 e. The predicted octanol–water partition coefficient (Wildman–Crippen LogP) is 0.314. The minimum absolute atomic E-state index is 0.00528. The molecule has 0 saturated carbocycles. The molecule has 0 aromatic carbocycles. The lowest BCUT2D eigenvalue weighted by atomic mass is 10.3. The van der Waals surface area contributed by atoms with E-state index < -0.39 is 10.0 Å². The number of rotatable bonds is 7. The van der Waals surface area contributed by atoms with Crippen molar-refractivity contribution in [2.75, 3.05) is 19.3 Å². The molecule has 0 amide bonds. The van der Waals surface area contributed by atoms with Crippen molar-refractivity contribution in [3.05, 3.63) is 0 Å². The van der Waals surface area contributed by atoms with Crippen molar-refractivity contribution in [2.45, 2.75) is 32.7 Å². The zero-order valence-corrected chi connectivity index (χ0v) is 9.45. The first kappa shape index (κ1) is 12.9. The second-order valence-electron chi connectivity index (χ2n) is 3.40. The van der Waals surface area contributed by atoms with Gasteiger partial charge in [0, 0.05) is 6.04 Å². The maximum atomic E-state index is 11.3. The standard InChI is InChI=1S/C8H20N2O2S/c1-8(2)10-13(11,12)7-5-4-6-9-3/h8-10H,4-7H2,1-3H3. The van der Waals surface area contributed by atoms with E-state index in [-0.39, 0.29) is 11.8 Å². The molecule has 0 heterocycles. The van der Waals surface area contributed by atoms with Crippen LogP contribution in [0.15, 0.2) is 0 Å². The van der Waals surface area contributed by atoms with Crippen LogP contribution < -0.4 is 10.0 Å². The zero-order valence-electron chi connectivity index (χ0n) is 8.63. The van der Waals surface area contributed by atoms with Gasteiger partial charge in [0.1, 0.15) is 0 Å². The molecule has 4 nitrogen and oxygen atoms in total. The van der Waals surface area contributed by atoms with Crippen LogP contribution in [0.4, 0.5) is 0 Å². The Morgan fingerprint density at radius 1 is 1.23 bits per heavy atom. The van der Waals surface area contributed by atoms with Crippen LogP contribution in [-0.2, 0) is 10.0 Å². The lowest BCUT2D eigenvalue weighted by molar-refractivity contribution is 0.564. The zero-order chi connectivity index (χ0) is 10.3. The quantitative estimate of drug-likeness (QED) is 0.592. The van der Waals surface area contributed by atoms with E-state index in [1.807, 2.05) is 20.9 Å². The summed E-state index contributed by atoms with van der Waals surface area (Å²) in [6, 6.07) is -0.00528. The molecule has 13 heavy (non-hydrogen) atoms. The highest BCUT2D eigenvalue weighted by Gasteiger charge is 2.10. The Morgan fingerprint density at radius 3 is 2.31 bits per heavy atom. The van der Waals surface area contributed by atoms with Crippen LogP contribution in [0, 0.1) is 0 Å². The molecule has 0 aliphatic rings. The summed E-state index contributed by atoms with van der Waals surface area (Å²) in [5.41, 5.74) is 0.